The molecular weight excluding hydrogens is 286 g/mol. The Morgan fingerprint density at radius 1 is 1.41 bits per heavy atom. The van der Waals surface area contributed by atoms with Gasteiger partial charge in [-0.3, -0.25) is 20.2 Å². The average molecular weight is 305 g/mol. The number of carbonyl (C=O) groups is 3. The third-order valence-electron chi connectivity index (χ3n) is 3.05. The number of pyridine rings is 1. The maximum Gasteiger partial charge on any atom is 0.413 e. The van der Waals surface area contributed by atoms with E-state index in [1.807, 2.05) is 0 Å². The van der Waals surface area contributed by atoms with Gasteiger partial charge in [-0.2, -0.15) is 0 Å². The number of piperidine rings is 1. The van der Waals surface area contributed by atoms with Gasteiger partial charge in [0.2, 0.25) is 11.8 Å². The summed E-state index contributed by atoms with van der Waals surface area (Å²) in [6.45, 7) is 5.29. The number of rotatable bonds is 2. The van der Waals surface area contributed by atoms with Crippen LogP contribution < -0.4 is 10.6 Å². The third kappa shape index (κ3) is 4.28. The highest BCUT2D eigenvalue weighted by atomic mass is 16.6. The maximum absolute atomic E-state index is 11.9. The fourth-order valence-electron chi connectivity index (χ4n) is 2.15. The number of hydrogen-bond acceptors (Lipinski definition) is 5. The zero-order valence-electron chi connectivity index (χ0n) is 12.8. The molecule has 0 bridgehead atoms. The number of ether oxygens (including phenoxy) is 1. The molecule has 0 spiro atoms. The van der Waals surface area contributed by atoms with Crippen molar-refractivity contribution in [1.29, 1.82) is 0 Å². The lowest BCUT2D eigenvalue weighted by Crippen LogP contribution is -2.39. The van der Waals surface area contributed by atoms with Crippen molar-refractivity contribution in [3.63, 3.8) is 0 Å². The summed E-state index contributed by atoms with van der Waals surface area (Å²) in [6, 6.07) is 3.31. The molecule has 7 heteroatoms. The van der Waals surface area contributed by atoms with Gasteiger partial charge in [0, 0.05) is 12.6 Å². The van der Waals surface area contributed by atoms with E-state index in [4.69, 9.17) is 4.74 Å². The zero-order chi connectivity index (χ0) is 16.3. The van der Waals surface area contributed by atoms with Crippen LogP contribution in [0.1, 0.15) is 45.1 Å². The molecule has 22 heavy (non-hydrogen) atoms. The van der Waals surface area contributed by atoms with Crippen molar-refractivity contribution in [2.75, 3.05) is 5.32 Å². The molecule has 0 aromatic carbocycles. The molecule has 1 unspecified atom stereocenters. The molecule has 0 aliphatic carbocycles. The van der Waals surface area contributed by atoms with Gasteiger partial charge in [0.05, 0.1) is 5.92 Å². The van der Waals surface area contributed by atoms with Gasteiger partial charge in [-0.15, -0.1) is 0 Å². The third-order valence-corrected chi connectivity index (χ3v) is 3.05. The molecule has 2 rings (SSSR count). The number of nitrogens with one attached hydrogen (secondary N) is 2. The zero-order valence-corrected chi connectivity index (χ0v) is 12.8. The smallest absolute Gasteiger partial charge is 0.413 e. The summed E-state index contributed by atoms with van der Waals surface area (Å²) in [5, 5.41) is 4.84. The minimum absolute atomic E-state index is 0.262. The molecule has 118 valence electrons. The summed E-state index contributed by atoms with van der Waals surface area (Å²) < 4.78 is 5.15. The van der Waals surface area contributed by atoms with Gasteiger partial charge in [0.1, 0.15) is 11.4 Å². The Balaban J connectivity index is 2.08. The normalized spacial score (nSPS) is 18.6. The number of anilines is 1. The first-order valence-electron chi connectivity index (χ1n) is 7.04. The van der Waals surface area contributed by atoms with E-state index in [1.54, 1.807) is 32.9 Å². The Bertz CT molecular complexity index is 607. The first-order valence-corrected chi connectivity index (χ1v) is 7.04. The van der Waals surface area contributed by atoms with Crippen LogP contribution in [0.3, 0.4) is 0 Å². The second kappa shape index (κ2) is 6.13. The topological polar surface area (TPSA) is 97.4 Å². The van der Waals surface area contributed by atoms with Crippen molar-refractivity contribution >= 4 is 23.7 Å². The number of hydrogen-bond donors (Lipinski definition) is 2. The van der Waals surface area contributed by atoms with Gasteiger partial charge in [0.25, 0.3) is 0 Å². The number of amides is 3. The second-order valence-electron chi connectivity index (χ2n) is 6.10. The standard InChI is InChI=1S/C15H19N3O4/c1-15(2,3)22-14(21)17-11-8-9(6-7-16-11)10-4-5-12(19)18-13(10)20/h6-8,10H,4-5H2,1-3H3,(H,16,17,21)(H,18,19,20). The minimum Gasteiger partial charge on any atom is -0.444 e. The molecule has 1 atom stereocenters. The van der Waals surface area contributed by atoms with E-state index in [0.717, 1.165) is 0 Å². The predicted octanol–water partition coefficient (Wildman–Crippen LogP) is 1.95. The van der Waals surface area contributed by atoms with Crippen molar-refractivity contribution in [2.45, 2.75) is 45.1 Å². The Morgan fingerprint density at radius 2 is 2.14 bits per heavy atom. The molecule has 1 aliphatic heterocycles. The first-order chi connectivity index (χ1) is 10.2. The van der Waals surface area contributed by atoms with Gasteiger partial charge in [-0.05, 0) is 44.9 Å². The predicted molar refractivity (Wildman–Crippen MR) is 79.2 cm³/mol. The van der Waals surface area contributed by atoms with Crippen molar-refractivity contribution in [1.82, 2.24) is 10.3 Å². The van der Waals surface area contributed by atoms with Crippen LogP contribution in [-0.4, -0.2) is 28.5 Å². The Kier molecular flexibility index (Phi) is 4.44. The summed E-state index contributed by atoms with van der Waals surface area (Å²) in [5.74, 6) is -0.704. The van der Waals surface area contributed by atoms with E-state index >= 15 is 0 Å². The van der Waals surface area contributed by atoms with Gasteiger partial charge < -0.3 is 4.74 Å². The lowest BCUT2D eigenvalue weighted by atomic mass is 9.91. The van der Waals surface area contributed by atoms with Crippen molar-refractivity contribution in [3.05, 3.63) is 23.9 Å². The largest absolute Gasteiger partial charge is 0.444 e. The Hall–Kier alpha value is -2.44. The van der Waals surface area contributed by atoms with Crippen LogP contribution in [0.5, 0.6) is 0 Å². The molecule has 1 aromatic rings. The molecule has 3 amide bonds. The van der Waals surface area contributed by atoms with Gasteiger partial charge in [0.15, 0.2) is 0 Å². The van der Waals surface area contributed by atoms with Crippen LogP contribution in [0.15, 0.2) is 18.3 Å². The van der Waals surface area contributed by atoms with E-state index in [-0.39, 0.29) is 11.8 Å². The SMILES string of the molecule is CC(C)(C)OC(=O)Nc1cc(C2CCC(=O)NC2=O)ccn1. The molecule has 7 nitrogen and oxygen atoms in total. The highest BCUT2D eigenvalue weighted by Crippen LogP contribution is 2.25. The fraction of sp³-hybridized carbons (Fsp3) is 0.467. The highest BCUT2D eigenvalue weighted by molar-refractivity contribution is 6.01. The number of aromatic nitrogens is 1. The van der Waals surface area contributed by atoms with Crippen LogP contribution in [0.25, 0.3) is 0 Å². The molecular formula is C15H19N3O4. The maximum atomic E-state index is 11.9. The summed E-state index contributed by atoms with van der Waals surface area (Å²) in [7, 11) is 0. The minimum atomic E-state index is -0.611. The van der Waals surface area contributed by atoms with E-state index < -0.39 is 17.6 Å². The van der Waals surface area contributed by atoms with Gasteiger partial charge >= 0.3 is 6.09 Å². The molecule has 0 radical (unpaired) electrons. The molecule has 1 saturated heterocycles. The summed E-state index contributed by atoms with van der Waals surface area (Å²) >= 11 is 0. The average Bonchev–Trinajstić information content (AvgIpc) is 2.36. The lowest BCUT2D eigenvalue weighted by Gasteiger charge is -2.22. The summed E-state index contributed by atoms with van der Waals surface area (Å²) in [4.78, 5) is 38.8. The first kappa shape index (κ1) is 15.9. The molecule has 1 aromatic heterocycles. The van der Waals surface area contributed by atoms with Crippen molar-refractivity contribution < 1.29 is 19.1 Å². The van der Waals surface area contributed by atoms with E-state index in [1.165, 1.54) is 6.20 Å². The van der Waals surface area contributed by atoms with Crippen LogP contribution in [0.4, 0.5) is 10.6 Å². The summed E-state index contributed by atoms with van der Waals surface area (Å²) in [6.07, 6.45) is 1.64. The lowest BCUT2D eigenvalue weighted by molar-refractivity contribution is -0.134. The number of imide groups is 1. The fourth-order valence-corrected chi connectivity index (χ4v) is 2.15. The van der Waals surface area contributed by atoms with E-state index in [9.17, 15) is 14.4 Å². The van der Waals surface area contributed by atoms with E-state index in [2.05, 4.69) is 15.6 Å². The molecule has 0 saturated carbocycles. The quantitative estimate of drug-likeness (QED) is 0.814. The monoisotopic (exact) mass is 305 g/mol. The molecule has 1 aliphatic rings. The van der Waals surface area contributed by atoms with Crippen LogP contribution in [0, 0.1) is 0 Å². The Labute approximate surface area is 128 Å². The van der Waals surface area contributed by atoms with Crippen LogP contribution >= 0.6 is 0 Å². The highest BCUT2D eigenvalue weighted by Gasteiger charge is 2.28. The Morgan fingerprint density at radius 3 is 2.77 bits per heavy atom. The van der Waals surface area contributed by atoms with Crippen LogP contribution in [0.2, 0.25) is 0 Å². The number of nitrogens with zero attached hydrogens (tertiary/aromatic N) is 1. The molecule has 2 N–H and O–H groups in total. The van der Waals surface area contributed by atoms with Crippen LogP contribution in [-0.2, 0) is 14.3 Å². The number of carbonyl (C=O) groups excluding carboxylic acids is 3. The van der Waals surface area contributed by atoms with Gasteiger partial charge in [-0.1, -0.05) is 0 Å². The van der Waals surface area contributed by atoms with Crippen molar-refractivity contribution in [2.24, 2.45) is 0 Å². The van der Waals surface area contributed by atoms with Crippen molar-refractivity contribution in [3.8, 4) is 0 Å². The molecule has 2 heterocycles. The second-order valence-corrected chi connectivity index (χ2v) is 6.10. The summed E-state index contributed by atoms with van der Waals surface area (Å²) in [5.41, 5.74) is 0.0942. The molecule has 1 fully saturated rings. The van der Waals surface area contributed by atoms with E-state index in [0.29, 0.717) is 24.2 Å². The van der Waals surface area contributed by atoms with Gasteiger partial charge in [-0.25, -0.2) is 9.78 Å².